The van der Waals surface area contributed by atoms with Crippen LogP contribution in [0.2, 0.25) is 0 Å². The van der Waals surface area contributed by atoms with E-state index in [-0.39, 0.29) is 18.1 Å². The monoisotopic (exact) mass is 341 g/mol. The van der Waals surface area contributed by atoms with Gasteiger partial charge in [-0.2, -0.15) is 0 Å². The molecule has 0 radical (unpaired) electrons. The van der Waals surface area contributed by atoms with Crippen molar-refractivity contribution in [2.75, 3.05) is 26.4 Å². The fourth-order valence-corrected chi connectivity index (χ4v) is 2.87. The lowest BCUT2D eigenvalue weighted by atomic mass is 9.80. The first-order chi connectivity index (χ1) is 9.56. The average molecular weight is 342 g/mol. The maximum Gasteiger partial charge on any atom is 0.0501 e. The van der Waals surface area contributed by atoms with Gasteiger partial charge in [-0.1, -0.05) is 28.1 Å². The molecular formula is C16H24BrNO2. The maximum absolute atomic E-state index is 9.70. The average Bonchev–Trinajstić information content (AvgIpc) is 2.48. The third-order valence-corrected chi connectivity index (χ3v) is 5.24. The summed E-state index contributed by atoms with van der Waals surface area (Å²) < 4.78 is 6.55. The zero-order valence-electron chi connectivity index (χ0n) is 12.3. The molecule has 1 saturated heterocycles. The van der Waals surface area contributed by atoms with E-state index in [1.807, 2.05) is 0 Å². The van der Waals surface area contributed by atoms with Gasteiger partial charge in [0.05, 0.1) is 6.61 Å². The maximum atomic E-state index is 9.70. The highest BCUT2D eigenvalue weighted by atomic mass is 79.9. The minimum atomic E-state index is -0.0169. The molecule has 1 atom stereocenters. The van der Waals surface area contributed by atoms with E-state index in [0.717, 1.165) is 37.1 Å². The minimum absolute atomic E-state index is 0.0169. The summed E-state index contributed by atoms with van der Waals surface area (Å²) in [4.78, 5) is 0. The van der Waals surface area contributed by atoms with E-state index in [1.54, 1.807) is 0 Å². The molecule has 0 aliphatic carbocycles. The van der Waals surface area contributed by atoms with Crippen molar-refractivity contribution in [3.63, 3.8) is 0 Å². The first-order valence-electron chi connectivity index (χ1n) is 7.24. The van der Waals surface area contributed by atoms with Crippen LogP contribution in [-0.4, -0.2) is 31.5 Å². The summed E-state index contributed by atoms with van der Waals surface area (Å²) in [6.07, 6.45) is 1.87. The second-order valence-corrected chi connectivity index (χ2v) is 6.74. The molecule has 3 nitrogen and oxygen atoms in total. The standard InChI is InChI=1S/C16H24BrNO2/c1-12-9-14(3-4-15(12)17)13(2)18-10-16(11-19)5-7-20-8-6-16/h3-4,9,13,18-19H,5-8,10-11H2,1-2H3. The van der Waals surface area contributed by atoms with Gasteiger partial charge in [0.1, 0.15) is 0 Å². The molecule has 2 rings (SSSR count). The van der Waals surface area contributed by atoms with Crippen LogP contribution in [0.5, 0.6) is 0 Å². The molecule has 2 N–H and O–H groups in total. The predicted octanol–water partition coefficient (Wildman–Crippen LogP) is 3.20. The Morgan fingerprint density at radius 1 is 1.40 bits per heavy atom. The van der Waals surface area contributed by atoms with Gasteiger partial charge in [0, 0.05) is 35.7 Å². The van der Waals surface area contributed by atoms with Crippen LogP contribution in [0, 0.1) is 12.3 Å². The molecule has 1 aliphatic rings. The van der Waals surface area contributed by atoms with Crippen molar-refractivity contribution in [1.82, 2.24) is 5.32 Å². The number of aliphatic hydroxyl groups is 1. The van der Waals surface area contributed by atoms with Crippen molar-refractivity contribution in [3.05, 3.63) is 33.8 Å². The molecule has 20 heavy (non-hydrogen) atoms. The molecule has 0 saturated carbocycles. The Hall–Kier alpha value is -0.420. The molecule has 0 spiro atoms. The van der Waals surface area contributed by atoms with Crippen LogP contribution in [0.3, 0.4) is 0 Å². The largest absolute Gasteiger partial charge is 0.396 e. The second-order valence-electron chi connectivity index (χ2n) is 5.88. The van der Waals surface area contributed by atoms with Crippen molar-refractivity contribution in [3.8, 4) is 0 Å². The van der Waals surface area contributed by atoms with Crippen molar-refractivity contribution >= 4 is 15.9 Å². The Balaban J connectivity index is 1.96. The van der Waals surface area contributed by atoms with Gasteiger partial charge in [0.2, 0.25) is 0 Å². The highest BCUT2D eigenvalue weighted by Gasteiger charge is 2.32. The molecule has 0 aromatic heterocycles. The van der Waals surface area contributed by atoms with E-state index < -0.39 is 0 Å². The summed E-state index contributed by atoms with van der Waals surface area (Å²) in [6.45, 7) is 6.86. The number of benzene rings is 1. The Morgan fingerprint density at radius 2 is 2.10 bits per heavy atom. The molecule has 1 aromatic carbocycles. The van der Waals surface area contributed by atoms with Crippen LogP contribution in [0.15, 0.2) is 22.7 Å². The number of rotatable bonds is 5. The number of ether oxygens (including phenoxy) is 1. The molecule has 0 bridgehead atoms. The lowest BCUT2D eigenvalue weighted by Crippen LogP contribution is -2.42. The number of nitrogens with one attached hydrogen (secondary N) is 1. The van der Waals surface area contributed by atoms with E-state index >= 15 is 0 Å². The van der Waals surface area contributed by atoms with Crippen LogP contribution in [-0.2, 0) is 4.74 Å². The van der Waals surface area contributed by atoms with Gasteiger partial charge in [-0.25, -0.2) is 0 Å². The predicted molar refractivity (Wildman–Crippen MR) is 84.9 cm³/mol. The SMILES string of the molecule is Cc1cc(C(C)NCC2(CO)CCOCC2)ccc1Br. The van der Waals surface area contributed by atoms with Crippen LogP contribution in [0.1, 0.15) is 36.9 Å². The summed E-state index contributed by atoms with van der Waals surface area (Å²) in [5.41, 5.74) is 2.52. The summed E-state index contributed by atoms with van der Waals surface area (Å²) in [7, 11) is 0. The highest BCUT2D eigenvalue weighted by molar-refractivity contribution is 9.10. The van der Waals surface area contributed by atoms with Gasteiger partial charge in [-0.05, 0) is 43.9 Å². The smallest absolute Gasteiger partial charge is 0.0501 e. The van der Waals surface area contributed by atoms with E-state index in [1.165, 1.54) is 11.1 Å². The topological polar surface area (TPSA) is 41.5 Å². The fourth-order valence-electron chi connectivity index (χ4n) is 2.62. The Kier molecular flexibility index (Phi) is 5.61. The van der Waals surface area contributed by atoms with Crippen molar-refractivity contribution in [2.24, 2.45) is 5.41 Å². The summed E-state index contributed by atoms with van der Waals surface area (Å²) >= 11 is 3.53. The molecule has 1 unspecified atom stereocenters. The third kappa shape index (κ3) is 3.82. The van der Waals surface area contributed by atoms with E-state index in [0.29, 0.717) is 0 Å². The quantitative estimate of drug-likeness (QED) is 0.864. The molecule has 4 heteroatoms. The van der Waals surface area contributed by atoms with Gasteiger partial charge in [-0.3, -0.25) is 0 Å². The van der Waals surface area contributed by atoms with E-state index in [9.17, 15) is 5.11 Å². The van der Waals surface area contributed by atoms with Crippen molar-refractivity contribution in [1.29, 1.82) is 0 Å². The summed E-state index contributed by atoms with van der Waals surface area (Å²) in [5, 5.41) is 13.3. The van der Waals surface area contributed by atoms with Crippen LogP contribution >= 0.6 is 15.9 Å². The minimum Gasteiger partial charge on any atom is -0.396 e. The molecule has 1 fully saturated rings. The van der Waals surface area contributed by atoms with Crippen molar-refractivity contribution in [2.45, 2.75) is 32.7 Å². The number of aryl methyl sites for hydroxylation is 1. The zero-order chi connectivity index (χ0) is 14.6. The summed E-state index contributed by atoms with van der Waals surface area (Å²) in [5.74, 6) is 0. The molecule has 0 amide bonds. The van der Waals surface area contributed by atoms with Crippen LogP contribution in [0.25, 0.3) is 0 Å². The molecular weight excluding hydrogens is 318 g/mol. The van der Waals surface area contributed by atoms with Crippen LogP contribution < -0.4 is 5.32 Å². The zero-order valence-corrected chi connectivity index (χ0v) is 13.9. The number of aliphatic hydroxyl groups excluding tert-OH is 1. The second kappa shape index (κ2) is 7.03. The molecule has 1 aromatic rings. The summed E-state index contributed by atoms with van der Waals surface area (Å²) in [6, 6.07) is 6.73. The molecule has 1 heterocycles. The van der Waals surface area contributed by atoms with E-state index in [2.05, 4.69) is 53.3 Å². The van der Waals surface area contributed by atoms with Crippen molar-refractivity contribution < 1.29 is 9.84 Å². The fraction of sp³-hybridized carbons (Fsp3) is 0.625. The first-order valence-corrected chi connectivity index (χ1v) is 8.04. The lowest BCUT2D eigenvalue weighted by Gasteiger charge is -2.36. The van der Waals surface area contributed by atoms with Gasteiger partial charge in [-0.15, -0.1) is 0 Å². The molecule has 112 valence electrons. The number of halogens is 1. The van der Waals surface area contributed by atoms with E-state index in [4.69, 9.17) is 4.74 Å². The number of hydrogen-bond acceptors (Lipinski definition) is 3. The van der Waals surface area contributed by atoms with Crippen LogP contribution in [0.4, 0.5) is 0 Å². The Labute approximate surface area is 129 Å². The Morgan fingerprint density at radius 3 is 2.70 bits per heavy atom. The highest BCUT2D eigenvalue weighted by Crippen LogP contribution is 2.30. The Bertz CT molecular complexity index is 444. The van der Waals surface area contributed by atoms with Gasteiger partial charge < -0.3 is 15.2 Å². The third-order valence-electron chi connectivity index (χ3n) is 4.35. The number of hydrogen-bond donors (Lipinski definition) is 2. The van der Waals surface area contributed by atoms with Gasteiger partial charge >= 0.3 is 0 Å². The first kappa shape index (κ1) is 16.0. The van der Waals surface area contributed by atoms with Gasteiger partial charge in [0.25, 0.3) is 0 Å². The normalized spacial score (nSPS) is 19.8. The van der Waals surface area contributed by atoms with Gasteiger partial charge in [0.15, 0.2) is 0 Å². The lowest BCUT2D eigenvalue weighted by molar-refractivity contribution is -0.0163. The molecule has 1 aliphatic heterocycles.